The molecule has 0 spiro atoms. The molecule has 0 aliphatic carbocycles. The van der Waals surface area contributed by atoms with E-state index in [9.17, 15) is 8.42 Å². The zero-order chi connectivity index (χ0) is 10.9. The van der Waals surface area contributed by atoms with Gasteiger partial charge in [-0.3, -0.25) is 0 Å². The van der Waals surface area contributed by atoms with E-state index in [-0.39, 0.29) is 6.61 Å². The Hall–Kier alpha value is -0.430. The minimum Gasteiger partial charge on any atom is -0.391 e. The Morgan fingerprint density at radius 2 is 2.07 bits per heavy atom. The van der Waals surface area contributed by atoms with Gasteiger partial charge in [0.1, 0.15) is 0 Å². The Balaban J connectivity index is 2.28. The largest absolute Gasteiger partial charge is 0.391 e. The molecule has 0 unspecified atom stereocenters. The van der Waals surface area contributed by atoms with E-state index >= 15 is 0 Å². The first-order chi connectivity index (χ1) is 7.14. The summed E-state index contributed by atoms with van der Waals surface area (Å²) in [5.41, 5.74) is 0. The van der Waals surface area contributed by atoms with Crippen LogP contribution in [-0.2, 0) is 16.6 Å². The van der Waals surface area contributed by atoms with Crippen molar-refractivity contribution in [1.82, 2.24) is 4.31 Å². The van der Waals surface area contributed by atoms with Crippen molar-refractivity contribution in [3.63, 3.8) is 0 Å². The molecule has 1 aromatic rings. The maximum atomic E-state index is 12.0. The Morgan fingerprint density at radius 1 is 1.40 bits per heavy atom. The van der Waals surface area contributed by atoms with Crippen molar-refractivity contribution in [2.24, 2.45) is 0 Å². The Morgan fingerprint density at radius 3 is 2.60 bits per heavy atom. The second-order valence-corrected chi connectivity index (χ2v) is 6.45. The number of sulfonamides is 1. The fourth-order valence-corrected chi connectivity index (χ4v) is 4.29. The van der Waals surface area contributed by atoms with Gasteiger partial charge in [0.2, 0.25) is 10.0 Å². The highest BCUT2D eigenvalue weighted by Crippen LogP contribution is 2.25. The fourth-order valence-electron chi connectivity index (χ4n) is 1.66. The summed E-state index contributed by atoms with van der Waals surface area (Å²) in [4.78, 5) is 1.01. The van der Waals surface area contributed by atoms with Crippen LogP contribution in [0.15, 0.2) is 16.3 Å². The Labute approximate surface area is 93.2 Å². The first-order valence-corrected chi connectivity index (χ1v) is 7.15. The van der Waals surface area contributed by atoms with Gasteiger partial charge < -0.3 is 5.11 Å². The molecule has 4 nitrogen and oxygen atoms in total. The summed E-state index contributed by atoms with van der Waals surface area (Å²) in [6, 6.07) is 1.55. The normalized spacial score (nSPS) is 18.5. The van der Waals surface area contributed by atoms with Crippen LogP contribution in [0.2, 0.25) is 0 Å². The van der Waals surface area contributed by atoms with Crippen molar-refractivity contribution < 1.29 is 13.5 Å². The molecule has 2 heterocycles. The highest BCUT2D eigenvalue weighted by Gasteiger charge is 2.27. The van der Waals surface area contributed by atoms with Gasteiger partial charge in [0.15, 0.2) is 0 Å². The van der Waals surface area contributed by atoms with Crippen LogP contribution in [0.3, 0.4) is 0 Å². The molecular weight excluding hydrogens is 234 g/mol. The van der Waals surface area contributed by atoms with Gasteiger partial charge in [0.05, 0.1) is 11.5 Å². The lowest BCUT2D eigenvalue weighted by atomic mass is 10.4. The maximum Gasteiger partial charge on any atom is 0.243 e. The average molecular weight is 247 g/mol. The molecule has 1 N–H and O–H groups in total. The molecule has 1 saturated heterocycles. The van der Waals surface area contributed by atoms with Gasteiger partial charge in [-0.2, -0.15) is 4.31 Å². The number of rotatable bonds is 3. The highest BCUT2D eigenvalue weighted by molar-refractivity contribution is 7.89. The lowest BCUT2D eigenvalue weighted by Gasteiger charge is -2.13. The number of hydrogen-bond donors (Lipinski definition) is 1. The molecule has 0 saturated carbocycles. The molecule has 0 atom stereocenters. The summed E-state index contributed by atoms with van der Waals surface area (Å²) in [5, 5.41) is 10.5. The number of hydrogen-bond acceptors (Lipinski definition) is 4. The SMILES string of the molecule is O=S(=O)(c1csc(CO)c1)N1CCCC1. The van der Waals surface area contributed by atoms with Gasteiger partial charge in [-0.05, 0) is 18.9 Å². The molecule has 84 valence electrons. The third-order valence-corrected chi connectivity index (χ3v) is 5.44. The van der Waals surface area contributed by atoms with Crippen molar-refractivity contribution in [3.05, 3.63) is 16.3 Å². The zero-order valence-electron chi connectivity index (χ0n) is 8.22. The second kappa shape index (κ2) is 4.21. The van der Waals surface area contributed by atoms with Gasteiger partial charge in [-0.25, -0.2) is 8.42 Å². The van der Waals surface area contributed by atoms with Crippen molar-refractivity contribution in [2.45, 2.75) is 24.3 Å². The molecule has 0 amide bonds. The van der Waals surface area contributed by atoms with E-state index < -0.39 is 10.0 Å². The summed E-state index contributed by atoms with van der Waals surface area (Å²) in [5.74, 6) is 0. The van der Waals surface area contributed by atoms with E-state index in [1.165, 1.54) is 15.6 Å². The fraction of sp³-hybridized carbons (Fsp3) is 0.556. The van der Waals surface area contributed by atoms with E-state index in [0.29, 0.717) is 22.9 Å². The summed E-state index contributed by atoms with van der Waals surface area (Å²) in [6.45, 7) is 1.14. The topological polar surface area (TPSA) is 57.6 Å². The van der Waals surface area contributed by atoms with Crippen LogP contribution in [0.25, 0.3) is 0 Å². The molecule has 0 aromatic carbocycles. The quantitative estimate of drug-likeness (QED) is 0.867. The molecule has 6 heteroatoms. The third kappa shape index (κ3) is 2.08. The number of aliphatic hydroxyl groups excluding tert-OH is 1. The van der Waals surface area contributed by atoms with Crippen molar-refractivity contribution in [1.29, 1.82) is 0 Å². The average Bonchev–Trinajstić information content (AvgIpc) is 2.89. The molecule has 1 aliphatic heterocycles. The summed E-state index contributed by atoms with van der Waals surface area (Å²) in [6.07, 6.45) is 1.88. The third-order valence-electron chi connectivity index (χ3n) is 2.49. The predicted octanol–water partition coefficient (Wildman–Crippen LogP) is 1.02. The van der Waals surface area contributed by atoms with Gasteiger partial charge in [-0.15, -0.1) is 11.3 Å². The Kier molecular flexibility index (Phi) is 3.11. The van der Waals surface area contributed by atoms with E-state index in [2.05, 4.69) is 0 Å². The molecule has 1 aliphatic rings. The summed E-state index contributed by atoms with van der Waals surface area (Å²) < 4.78 is 25.5. The molecule has 0 bridgehead atoms. The number of thiophene rings is 1. The standard InChI is InChI=1S/C9H13NO3S2/c11-6-8-5-9(7-14-8)15(12,13)10-3-1-2-4-10/h5,7,11H,1-4,6H2. The minimum atomic E-state index is -3.30. The molecular formula is C9H13NO3S2. The molecule has 1 aromatic heterocycles. The smallest absolute Gasteiger partial charge is 0.243 e. The highest BCUT2D eigenvalue weighted by atomic mass is 32.2. The molecule has 2 rings (SSSR count). The van der Waals surface area contributed by atoms with Crippen molar-refractivity contribution >= 4 is 21.4 Å². The van der Waals surface area contributed by atoms with Crippen LogP contribution >= 0.6 is 11.3 Å². The van der Waals surface area contributed by atoms with Crippen molar-refractivity contribution in [2.75, 3.05) is 13.1 Å². The van der Waals surface area contributed by atoms with Crippen LogP contribution in [0.4, 0.5) is 0 Å². The molecule has 1 fully saturated rings. The van der Waals surface area contributed by atoms with Gasteiger partial charge in [0, 0.05) is 23.3 Å². The lowest BCUT2D eigenvalue weighted by Crippen LogP contribution is -2.27. The van der Waals surface area contributed by atoms with Crippen LogP contribution < -0.4 is 0 Å². The molecule has 0 radical (unpaired) electrons. The van der Waals surface area contributed by atoms with Crippen LogP contribution in [0.1, 0.15) is 17.7 Å². The van der Waals surface area contributed by atoms with Gasteiger partial charge in [0.25, 0.3) is 0 Å². The van der Waals surface area contributed by atoms with Gasteiger partial charge >= 0.3 is 0 Å². The second-order valence-electron chi connectivity index (χ2n) is 3.52. The van der Waals surface area contributed by atoms with Crippen LogP contribution in [0.5, 0.6) is 0 Å². The van der Waals surface area contributed by atoms with E-state index in [4.69, 9.17) is 5.11 Å². The first kappa shape index (κ1) is 11.1. The Bertz CT molecular complexity index is 432. The maximum absolute atomic E-state index is 12.0. The monoisotopic (exact) mass is 247 g/mol. The van der Waals surface area contributed by atoms with Gasteiger partial charge in [-0.1, -0.05) is 0 Å². The number of aliphatic hydroxyl groups is 1. The lowest BCUT2D eigenvalue weighted by molar-refractivity contribution is 0.285. The number of nitrogens with zero attached hydrogens (tertiary/aromatic N) is 1. The van der Waals surface area contributed by atoms with Crippen LogP contribution in [0, 0.1) is 0 Å². The minimum absolute atomic E-state index is 0.0970. The van der Waals surface area contributed by atoms with E-state index in [0.717, 1.165) is 12.8 Å². The van der Waals surface area contributed by atoms with E-state index in [1.54, 1.807) is 11.4 Å². The molecule has 15 heavy (non-hydrogen) atoms. The van der Waals surface area contributed by atoms with E-state index in [1.807, 2.05) is 0 Å². The zero-order valence-corrected chi connectivity index (χ0v) is 9.85. The summed E-state index contributed by atoms with van der Waals surface area (Å²) >= 11 is 1.28. The van der Waals surface area contributed by atoms with Crippen molar-refractivity contribution in [3.8, 4) is 0 Å². The van der Waals surface area contributed by atoms with Crippen LogP contribution in [-0.4, -0.2) is 30.9 Å². The first-order valence-electron chi connectivity index (χ1n) is 4.83. The predicted molar refractivity (Wildman–Crippen MR) is 58.2 cm³/mol. The summed E-state index contributed by atoms with van der Waals surface area (Å²) in [7, 11) is -3.30.